The highest BCUT2D eigenvalue weighted by Crippen LogP contribution is 2.20. The molecule has 1 rings (SSSR count). The van der Waals surface area contributed by atoms with Crippen molar-refractivity contribution in [2.75, 3.05) is 6.61 Å². The predicted molar refractivity (Wildman–Crippen MR) is 103 cm³/mol. The smallest absolute Gasteiger partial charge is 0.165 e. The van der Waals surface area contributed by atoms with Gasteiger partial charge in [-0.2, -0.15) is 0 Å². The number of nitrogens with two attached hydrogens (primary N) is 1. The zero-order valence-corrected chi connectivity index (χ0v) is 16.4. The zero-order valence-electron chi connectivity index (χ0n) is 16.4. The lowest BCUT2D eigenvalue weighted by Gasteiger charge is -2.11. The molecule has 0 aliphatic heterocycles. The second kappa shape index (κ2) is 14.7. The summed E-state index contributed by atoms with van der Waals surface area (Å²) in [6, 6.07) is 4.94. The minimum Gasteiger partial charge on any atom is -0.490 e. The first-order valence-electron chi connectivity index (χ1n) is 8.87. The number of rotatable bonds is 7. The van der Waals surface area contributed by atoms with Gasteiger partial charge in [0.1, 0.15) is 0 Å². The van der Waals surface area contributed by atoms with Gasteiger partial charge in [0.05, 0.1) is 6.61 Å². The third-order valence-corrected chi connectivity index (χ3v) is 3.16. The van der Waals surface area contributed by atoms with Gasteiger partial charge in [0, 0.05) is 11.4 Å². The SMILES string of the molecule is CC.CC.CCc1ccc(F)c(OCCC/C(C(C)=N)=C(\C)N)c1. The molecule has 3 N–H and O–H groups in total. The summed E-state index contributed by atoms with van der Waals surface area (Å²) in [5.74, 6) is -0.0397. The lowest BCUT2D eigenvalue weighted by atomic mass is 10.0. The largest absolute Gasteiger partial charge is 0.490 e. The number of hydrogen-bond donors (Lipinski definition) is 2. The van der Waals surface area contributed by atoms with Gasteiger partial charge in [-0.05, 0) is 56.4 Å². The fourth-order valence-corrected chi connectivity index (χ4v) is 1.99. The molecule has 0 unspecified atom stereocenters. The first-order chi connectivity index (χ1) is 11.5. The van der Waals surface area contributed by atoms with Crippen molar-refractivity contribution in [3.63, 3.8) is 0 Å². The number of nitrogens with one attached hydrogen (secondary N) is 1. The second-order valence-corrected chi connectivity index (χ2v) is 4.86. The van der Waals surface area contributed by atoms with Crippen LogP contribution >= 0.6 is 0 Å². The van der Waals surface area contributed by atoms with Gasteiger partial charge in [0.25, 0.3) is 0 Å². The minimum atomic E-state index is -0.337. The quantitative estimate of drug-likeness (QED) is 0.482. The lowest BCUT2D eigenvalue weighted by molar-refractivity contribution is 0.295. The molecule has 0 aromatic heterocycles. The number of allylic oxidation sites excluding steroid dienone is 2. The van der Waals surface area contributed by atoms with Gasteiger partial charge in [-0.15, -0.1) is 0 Å². The molecule has 138 valence electrons. The van der Waals surface area contributed by atoms with E-state index in [4.69, 9.17) is 15.9 Å². The molecule has 0 spiro atoms. The molecule has 0 amide bonds. The van der Waals surface area contributed by atoms with Crippen molar-refractivity contribution >= 4 is 5.71 Å². The van der Waals surface area contributed by atoms with Crippen molar-refractivity contribution in [2.24, 2.45) is 5.73 Å². The Morgan fingerprint density at radius 3 is 2.21 bits per heavy atom. The third kappa shape index (κ3) is 9.33. The summed E-state index contributed by atoms with van der Waals surface area (Å²) in [6.07, 6.45) is 2.23. The zero-order chi connectivity index (χ0) is 19.1. The summed E-state index contributed by atoms with van der Waals surface area (Å²) in [7, 11) is 0. The van der Waals surface area contributed by atoms with Crippen molar-refractivity contribution in [3.8, 4) is 5.75 Å². The molecular formula is C20H35FN2O. The molecule has 1 aromatic rings. The number of ether oxygens (including phenoxy) is 1. The number of aryl methyl sites for hydroxylation is 1. The van der Waals surface area contributed by atoms with Crippen LogP contribution in [0.4, 0.5) is 4.39 Å². The van der Waals surface area contributed by atoms with Crippen molar-refractivity contribution in [1.29, 1.82) is 5.41 Å². The molecular weight excluding hydrogens is 303 g/mol. The van der Waals surface area contributed by atoms with E-state index in [0.717, 1.165) is 17.6 Å². The molecule has 4 heteroatoms. The Morgan fingerprint density at radius 1 is 1.17 bits per heavy atom. The monoisotopic (exact) mass is 338 g/mol. The van der Waals surface area contributed by atoms with Crippen LogP contribution in [0.25, 0.3) is 0 Å². The van der Waals surface area contributed by atoms with E-state index in [1.54, 1.807) is 26.0 Å². The Morgan fingerprint density at radius 2 is 1.75 bits per heavy atom. The lowest BCUT2D eigenvalue weighted by Crippen LogP contribution is -2.08. The van der Waals surface area contributed by atoms with E-state index in [-0.39, 0.29) is 5.82 Å². The van der Waals surface area contributed by atoms with Gasteiger partial charge in [0.15, 0.2) is 11.6 Å². The maximum atomic E-state index is 13.6. The average Bonchev–Trinajstić information content (AvgIpc) is 2.59. The van der Waals surface area contributed by atoms with Crippen LogP contribution in [-0.4, -0.2) is 12.3 Å². The van der Waals surface area contributed by atoms with Crippen LogP contribution in [0.1, 0.15) is 66.9 Å². The van der Waals surface area contributed by atoms with E-state index < -0.39 is 0 Å². The van der Waals surface area contributed by atoms with Gasteiger partial charge >= 0.3 is 0 Å². The maximum Gasteiger partial charge on any atom is 0.165 e. The molecule has 24 heavy (non-hydrogen) atoms. The Balaban J connectivity index is 0. The summed E-state index contributed by atoms with van der Waals surface area (Å²) in [5.41, 5.74) is 8.77. The summed E-state index contributed by atoms with van der Waals surface area (Å²) in [6.45, 7) is 13.9. The van der Waals surface area contributed by atoms with Crippen molar-refractivity contribution in [3.05, 3.63) is 40.8 Å². The summed E-state index contributed by atoms with van der Waals surface area (Å²) in [4.78, 5) is 0. The van der Waals surface area contributed by atoms with Crippen LogP contribution in [0.2, 0.25) is 0 Å². The molecule has 0 saturated heterocycles. The first-order valence-corrected chi connectivity index (χ1v) is 8.87. The van der Waals surface area contributed by atoms with Crippen LogP contribution < -0.4 is 10.5 Å². The normalized spacial score (nSPS) is 10.5. The van der Waals surface area contributed by atoms with E-state index in [9.17, 15) is 4.39 Å². The number of halogens is 1. The average molecular weight is 339 g/mol. The van der Waals surface area contributed by atoms with Gasteiger partial charge in [-0.1, -0.05) is 40.7 Å². The van der Waals surface area contributed by atoms with E-state index in [1.165, 1.54) is 6.07 Å². The summed E-state index contributed by atoms with van der Waals surface area (Å²) in [5, 5.41) is 7.63. The molecule has 0 fully saturated rings. The molecule has 3 nitrogen and oxygen atoms in total. The van der Waals surface area contributed by atoms with Gasteiger partial charge in [-0.3, -0.25) is 0 Å². The van der Waals surface area contributed by atoms with Gasteiger partial charge in [0.2, 0.25) is 0 Å². The molecule has 0 saturated carbocycles. The van der Waals surface area contributed by atoms with Gasteiger partial charge in [-0.25, -0.2) is 4.39 Å². The van der Waals surface area contributed by atoms with Crippen LogP contribution in [0.3, 0.4) is 0 Å². The Bertz CT molecular complexity index is 506. The molecule has 0 aliphatic carbocycles. The third-order valence-electron chi connectivity index (χ3n) is 3.16. The highest BCUT2D eigenvalue weighted by molar-refractivity contribution is 5.96. The summed E-state index contributed by atoms with van der Waals surface area (Å²) < 4.78 is 19.0. The molecule has 0 atom stereocenters. The molecule has 0 aliphatic rings. The van der Waals surface area contributed by atoms with Crippen LogP contribution in [0, 0.1) is 11.2 Å². The standard InChI is InChI=1S/C16H23FN2O.2C2H6/c1-4-13-7-8-15(17)16(10-13)20-9-5-6-14(11(2)18)12(3)19;2*1-2/h7-8,10,18H,4-6,9,19H2,1-3H3;2*1-2H3/b14-12-,18-11?;;. The van der Waals surface area contributed by atoms with Crippen LogP contribution in [-0.2, 0) is 6.42 Å². The van der Waals surface area contributed by atoms with E-state index in [2.05, 4.69) is 0 Å². The van der Waals surface area contributed by atoms with Crippen molar-refractivity contribution in [2.45, 2.75) is 67.7 Å². The maximum absolute atomic E-state index is 13.6. The minimum absolute atomic E-state index is 0.297. The van der Waals surface area contributed by atoms with Crippen molar-refractivity contribution in [1.82, 2.24) is 0 Å². The molecule has 0 bridgehead atoms. The van der Waals surface area contributed by atoms with Crippen LogP contribution in [0.15, 0.2) is 29.5 Å². The number of benzene rings is 1. The Hall–Kier alpha value is -1.84. The fraction of sp³-hybridized carbons (Fsp3) is 0.550. The van der Waals surface area contributed by atoms with E-state index >= 15 is 0 Å². The highest BCUT2D eigenvalue weighted by atomic mass is 19.1. The Labute approximate surface area is 147 Å². The van der Waals surface area contributed by atoms with Crippen LogP contribution in [0.5, 0.6) is 5.75 Å². The fourth-order valence-electron chi connectivity index (χ4n) is 1.99. The van der Waals surface area contributed by atoms with E-state index in [1.807, 2.05) is 34.6 Å². The summed E-state index contributed by atoms with van der Waals surface area (Å²) >= 11 is 0. The van der Waals surface area contributed by atoms with E-state index in [0.29, 0.717) is 36.6 Å². The molecule has 1 aromatic carbocycles. The number of hydrogen-bond acceptors (Lipinski definition) is 3. The predicted octanol–water partition coefficient (Wildman–Crippen LogP) is 5.87. The van der Waals surface area contributed by atoms with Gasteiger partial charge < -0.3 is 15.9 Å². The molecule has 0 heterocycles. The Kier molecular flexibility index (Phi) is 15.0. The molecule has 0 radical (unpaired) electrons. The second-order valence-electron chi connectivity index (χ2n) is 4.86. The topological polar surface area (TPSA) is 59.1 Å². The first kappa shape index (κ1) is 24.4. The van der Waals surface area contributed by atoms with Crippen molar-refractivity contribution < 1.29 is 9.13 Å². The highest BCUT2D eigenvalue weighted by Gasteiger charge is 2.06.